The van der Waals surface area contributed by atoms with E-state index in [9.17, 15) is 9.59 Å². The Morgan fingerprint density at radius 3 is 2.55 bits per heavy atom. The van der Waals surface area contributed by atoms with Crippen LogP contribution < -0.4 is 20.1 Å². The number of ether oxygens (including phenoxy) is 2. The van der Waals surface area contributed by atoms with E-state index in [4.69, 9.17) is 21.1 Å². The number of anilines is 1. The number of hydrogen-bond acceptors (Lipinski definition) is 4. The van der Waals surface area contributed by atoms with Gasteiger partial charge in [0.15, 0.2) is 11.5 Å². The molecule has 2 aromatic rings. The van der Waals surface area contributed by atoms with E-state index in [0.717, 1.165) is 5.56 Å². The molecule has 2 aromatic carbocycles. The van der Waals surface area contributed by atoms with Gasteiger partial charge in [-0.3, -0.25) is 9.59 Å². The summed E-state index contributed by atoms with van der Waals surface area (Å²) in [5, 5.41) is 6.16. The fraction of sp³-hybridized carbons (Fsp3) is 0.273. The SMILES string of the molecule is CCOc1ccc(/C=C/C(=O)NCCCC(=O)Nc2ccc(Cl)cc2)cc1OC. The third-order valence-electron chi connectivity index (χ3n) is 3.92. The molecule has 0 saturated heterocycles. The zero-order chi connectivity index (χ0) is 21.1. The van der Waals surface area contributed by atoms with Crippen molar-refractivity contribution in [3.8, 4) is 11.5 Å². The number of amides is 2. The molecule has 2 N–H and O–H groups in total. The van der Waals surface area contributed by atoms with Gasteiger partial charge in [-0.15, -0.1) is 0 Å². The Morgan fingerprint density at radius 1 is 1.10 bits per heavy atom. The highest BCUT2D eigenvalue weighted by atomic mass is 35.5. The maximum absolute atomic E-state index is 11.9. The first-order valence-corrected chi connectivity index (χ1v) is 9.71. The van der Waals surface area contributed by atoms with E-state index >= 15 is 0 Å². The highest BCUT2D eigenvalue weighted by molar-refractivity contribution is 6.30. The summed E-state index contributed by atoms with van der Waals surface area (Å²) in [7, 11) is 1.57. The Labute approximate surface area is 175 Å². The number of halogens is 1. The van der Waals surface area contributed by atoms with E-state index in [2.05, 4.69) is 10.6 Å². The number of rotatable bonds is 10. The summed E-state index contributed by atoms with van der Waals surface area (Å²) < 4.78 is 10.8. The molecule has 2 amide bonds. The lowest BCUT2D eigenvalue weighted by Gasteiger charge is -2.09. The molecule has 0 unspecified atom stereocenters. The molecule has 0 aliphatic heterocycles. The van der Waals surface area contributed by atoms with Crippen LogP contribution in [0.5, 0.6) is 11.5 Å². The Bertz CT molecular complexity index is 850. The van der Waals surface area contributed by atoms with E-state index in [0.29, 0.717) is 48.2 Å². The van der Waals surface area contributed by atoms with Gasteiger partial charge in [0, 0.05) is 29.8 Å². The van der Waals surface area contributed by atoms with Gasteiger partial charge in [0.25, 0.3) is 0 Å². The van der Waals surface area contributed by atoms with Crippen molar-refractivity contribution >= 4 is 35.2 Å². The largest absolute Gasteiger partial charge is 0.493 e. The lowest BCUT2D eigenvalue weighted by atomic mass is 10.2. The van der Waals surface area contributed by atoms with E-state index in [1.54, 1.807) is 49.6 Å². The third kappa shape index (κ3) is 7.87. The van der Waals surface area contributed by atoms with E-state index < -0.39 is 0 Å². The van der Waals surface area contributed by atoms with Crippen molar-refractivity contribution in [3.05, 3.63) is 59.1 Å². The number of benzene rings is 2. The first-order valence-electron chi connectivity index (χ1n) is 9.34. The van der Waals surface area contributed by atoms with Crippen LogP contribution in [-0.2, 0) is 9.59 Å². The average molecular weight is 417 g/mol. The topological polar surface area (TPSA) is 76.7 Å². The molecule has 0 aliphatic carbocycles. The summed E-state index contributed by atoms with van der Waals surface area (Å²) in [6.07, 6.45) is 3.99. The van der Waals surface area contributed by atoms with Gasteiger partial charge < -0.3 is 20.1 Å². The van der Waals surface area contributed by atoms with Crippen LogP contribution >= 0.6 is 11.6 Å². The summed E-state index contributed by atoms with van der Waals surface area (Å²) in [5.41, 5.74) is 1.51. The van der Waals surface area contributed by atoms with Crippen LogP contribution in [0.4, 0.5) is 5.69 Å². The molecule has 0 saturated carbocycles. The zero-order valence-electron chi connectivity index (χ0n) is 16.5. The number of carbonyl (C=O) groups is 2. The highest BCUT2D eigenvalue weighted by Crippen LogP contribution is 2.28. The van der Waals surface area contributed by atoms with Gasteiger partial charge in [0.1, 0.15) is 0 Å². The predicted octanol–water partition coefficient (Wildman–Crippen LogP) is 4.30. The van der Waals surface area contributed by atoms with Crippen molar-refractivity contribution in [1.82, 2.24) is 5.32 Å². The Morgan fingerprint density at radius 2 is 1.86 bits per heavy atom. The van der Waals surface area contributed by atoms with Crippen LogP contribution in [0.3, 0.4) is 0 Å². The second kappa shape index (κ2) is 11.8. The second-order valence-electron chi connectivity index (χ2n) is 6.13. The maximum atomic E-state index is 11.9. The molecule has 7 heteroatoms. The maximum Gasteiger partial charge on any atom is 0.243 e. The molecule has 2 rings (SSSR count). The van der Waals surface area contributed by atoms with Crippen molar-refractivity contribution < 1.29 is 19.1 Å². The Balaban J connectivity index is 1.72. The Kier molecular flexibility index (Phi) is 9.05. The minimum Gasteiger partial charge on any atom is -0.493 e. The molecule has 0 aromatic heterocycles. The summed E-state index contributed by atoms with van der Waals surface area (Å²) in [6, 6.07) is 12.4. The zero-order valence-corrected chi connectivity index (χ0v) is 17.3. The molecule has 0 heterocycles. The molecule has 6 nitrogen and oxygen atoms in total. The van der Waals surface area contributed by atoms with Gasteiger partial charge in [-0.1, -0.05) is 17.7 Å². The van der Waals surface area contributed by atoms with Crippen molar-refractivity contribution in [1.29, 1.82) is 0 Å². The van der Waals surface area contributed by atoms with Crippen LogP contribution in [0.2, 0.25) is 5.02 Å². The summed E-state index contributed by atoms with van der Waals surface area (Å²) in [6.45, 7) is 2.86. The summed E-state index contributed by atoms with van der Waals surface area (Å²) >= 11 is 5.81. The number of hydrogen-bond donors (Lipinski definition) is 2. The van der Waals surface area contributed by atoms with Crippen LogP contribution in [-0.4, -0.2) is 32.1 Å². The molecule has 29 heavy (non-hydrogen) atoms. The fourth-order valence-electron chi connectivity index (χ4n) is 2.51. The molecule has 154 valence electrons. The van der Waals surface area contributed by atoms with Gasteiger partial charge in [0.05, 0.1) is 13.7 Å². The first-order chi connectivity index (χ1) is 14.0. The van der Waals surface area contributed by atoms with Gasteiger partial charge in [-0.05, 0) is 61.4 Å². The molecule has 0 atom stereocenters. The van der Waals surface area contributed by atoms with Crippen LogP contribution in [0.15, 0.2) is 48.5 Å². The number of carbonyl (C=O) groups excluding carboxylic acids is 2. The molecule has 0 spiro atoms. The van der Waals surface area contributed by atoms with Crippen LogP contribution in [0, 0.1) is 0 Å². The second-order valence-corrected chi connectivity index (χ2v) is 6.56. The van der Waals surface area contributed by atoms with Gasteiger partial charge in [-0.2, -0.15) is 0 Å². The van der Waals surface area contributed by atoms with Gasteiger partial charge in [0.2, 0.25) is 11.8 Å². The number of methoxy groups -OCH3 is 1. The van der Waals surface area contributed by atoms with E-state index in [1.807, 2.05) is 13.0 Å². The average Bonchev–Trinajstić information content (AvgIpc) is 2.72. The minimum atomic E-state index is -0.226. The van der Waals surface area contributed by atoms with Crippen molar-refractivity contribution in [2.75, 3.05) is 25.6 Å². The minimum absolute atomic E-state index is 0.112. The molecule has 0 fully saturated rings. The molecule has 0 radical (unpaired) electrons. The van der Waals surface area contributed by atoms with Crippen molar-refractivity contribution in [3.63, 3.8) is 0 Å². The van der Waals surface area contributed by atoms with Crippen molar-refractivity contribution in [2.24, 2.45) is 0 Å². The summed E-state index contributed by atoms with van der Waals surface area (Å²) in [5.74, 6) is 0.934. The lowest BCUT2D eigenvalue weighted by molar-refractivity contribution is -0.118. The van der Waals surface area contributed by atoms with Gasteiger partial charge in [-0.25, -0.2) is 0 Å². The molecule has 0 bridgehead atoms. The highest BCUT2D eigenvalue weighted by Gasteiger charge is 2.05. The Hall–Kier alpha value is -2.99. The summed E-state index contributed by atoms with van der Waals surface area (Å²) in [4.78, 5) is 23.8. The van der Waals surface area contributed by atoms with Gasteiger partial charge >= 0.3 is 0 Å². The van der Waals surface area contributed by atoms with E-state index in [1.165, 1.54) is 6.08 Å². The number of nitrogens with one attached hydrogen (secondary N) is 2. The molecular weight excluding hydrogens is 392 g/mol. The smallest absolute Gasteiger partial charge is 0.243 e. The molecular formula is C22H25ClN2O4. The standard InChI is InChI=1S/C22H25ClN2O4/c1-3-29-19-12-6-16(15-20(19)28-2)7-13-21(26)24-14-4-5-22(27)25-18-10-8-17(23)9-11-18/h6-13,15H,3-5,14H2,1-2H3,(H,24,26)(H,25,27)/b13-7+. The predicted molar refractivity (Wildman–Crippen MR) is 116 cm³/mol. The van der Waals surface area contributed by atoms with E-state index in [-0.39, 0.29) is 11.8 Å². The van der Waals surface area contributed by atoms with Crippen LogP contribution in [0.1, 0.15) is 25.3 Å². The molecule has 0 aliphatic rings. The fourth-order valence-corrected chi connectivity index (χ4v) is 2.64. The first kappa shape index (κ1) is 22.3. The van der Waals surface area contributed by atoms with Crippen molar-refractivity contribution in [2.45, 2.75) is 19.8 Å². The quantitative estimate of drug-likeness (QED) is 0.447. The normalized spacial score (nSPS) is 10.6. The lowest BCUT2D eigenvalue weighted by Crippen LogP contribution is -2.23. The monoisotopic (exact) mass is 416 g/mol. The third-order valence-corrected chi connectivity index (χ3v) is 4.17. The van der Waals surface area contributed by atoms with Crippen LogP contribution in [0.25, 0.3) is 6.08 Å².